The van der Waals surface area contributed by atoms with Crippen molar-refractivity contribution >= 4 is 17.8 Å². The van der Waals surface area contributed by atoms with E-state index < -0.39 is 11.6 Å². The van der Waals surface area contributed by atoms with Crippen LogP contribution < -0.4 is 10.6 Å². The Kier molecular flexibility index (Phi) is 2.95. The molecule has 0 aromatic rings. The van der Waals surface area contributed by atoms with Gasteiger partial charge in [-0.1, -0.05) is 19.3 Å². The van der Waals surface area contributed by atoms with E-state index in [-0.39, 0.29) is 17.7 Å². The molecular weight excluding hydrogens is 246 g/mol. The van der Waals surface area contributed by atoms with Crippen LogP contribution in [0, 0.1) is 5.92 Å². The van der Waals surface area contributed by atoms with Gasteiger partial charge >= 0.3 is 6.03 Å². The maximum atomic E-state index is 12.4. The first-order valence-corrected chi connectivity index (χ1v) is 7.03. The summed E-state index contributed by atoms with van der Waals surface area (Å²) in [5.41, 5.74) is -0.874. The topological polar surface area (TPSA) is 78.5 Å². The van der Waals surface area contributed by atoms with Crippen LogP contribution in [0.1, 0.15) is 38.5 Å². The van der Waals surface area contributed by atoms with Gasteiger partial charge in [-0.3, -0.25) is 14.9 Å². The second-order valence-corrected chi connectivity index (χ2v) is 5.84. The molecule has 2 N–H and O–H groups in total. The van der Waals surface area contributed by atoms with Crippen molar-refractivity contribution in [2.24, 2.45) is 5.92 Å². The smallest absolute Gasteiger partial charge is 0.322 e. The fraction of sp³-hybridized carbons (Fsp3) is 0.769. The lowest BCUT2D eigenvalue weighted by atomic mass is 9.88. The molecule has 4 amide bonds. The minimum atomic E-state index is -0.874. The van der Waals surface area contributed by atoms with Gasteiger partial charge in [0.15, 0.2) is 0 Å². The first-order valence-electron chi connectivity index (χ1n) is 7.03. The molecule has 3 aliphatic rings. The third-order valence-electron chi connectivity index (χ3n) is 4.55. The third kappa shape index (κ3) is 2.09. The number of nitrogens with zero attached hydrogens (tertiary/aromatic N) is 1. The number of hydrogen-bond acceptors (Lipinski definition) is 3. The van der Waals surface area contributed by atoms with Crippen LogP contribution in [0.3, 0.4) is 0 Å². The summed E-state index contributed by atoms with van der Waals surface area (Å²) in [4.78, 5) is 37.2. The van der Waals surface area contributed by atoms with Gasteiger partial charge in [-0.15, -0.1) is 0 Å². The average Bonchev–Trinajstić information content (AvgIpc) is 2.95. The fourth-order valence-electron chi connectivity index (χ4n) is 3.42. The van der Waals surface area contributed by atoms with Gasteiger partial charge in [0.25, 0.3) is 5.91 Å². The molecule has 0 radical (unpaired) electrons. The molecule has 2 aliphatic heterocycles. The standard InChI is InChI=1S/C13H19N3O3/c17-10(9-4-2-1-3-5-9)16-7-6-13(8-16)11(18)14-12(19)15-13/h9H,1-8H2,(H2,14,15,18,19). The van der Waals surface area contributed by atoms with Crippen molar-refractivity contribution in [2.75, 3.05) is 13.1 Å². The van der Waals surface area contributed by atoms with Gasteiger partial charge in [-0.25, -0.2) is 4.79 Å². The van der Waals surface area contributed by atoms with Crippen LogP contribution in [0.4, 0.5) is 4.79 Å². The highest BCUT2D eigenvalue weighted by atomic mass is 16.2. The highest BCUT2D eigenvalue weighted by molar-refractivity contribution is 6.07. The number of imide groups is 1. The molecule has 1 aliphatic carbocycles. The molecular formula is C13H19N3O3. The molecule has 6 nitrogen and oxygen atoms in total. The van der Waals surface area contributed by atoms with E-state index >= 15 is 0 Å². The van der Waals surface area contributed by atoms with Gasteiger partial charge in [-0.2, -0.15) is 0 Å². The summed E-state index contributed by atoms with van der Waals surface area (Å²) < 4.78 is 0. The van der Waals surface area contributed by atoms with Crippen molar-refractivity contribution in [3.05, 3.63) is 0 Å². The Morgan fingerprint density at radius 1 is 1.21 bits per heavy atom. The Hall–Kier alpha value is -1.59. The molecule has 19 heavy (non-hydrogen) atoms. The van der Waals surface area contributed by atoms with E-state index in [1.807, 2.05) is 0 Å². The number of hydrogen-bond donors (Lipinski definition) is 2. The predicted octanol–water partition coefficient (Wildman–Crippen LogP) is 0.377. The number of nitrogens with one attached hydrogen (secondary N) is 2. The molecule has 0 bridgehead atoms. The van der Waals surface area contributed by atoms with E-state index in [1.165, 1.54) is 6.42 Å². The minimum Gasteiger partial charge on any atom is -0.339 e. The summed E-state index contributed by atoms with van der Waals surface area (Å²) in [7, 11) is 0. The molecule has 1 spiro atoms. The Labute approximate surface area is 111 Å². The summed E-state index contributed by atoms with van der Waals surface area (Å²) in [6.45, 7) is 0.878. The zero-order valence-corrected chi connectivity index (χ0v) is 10.9. The summed E-state index contributed by atoms with van der Waals surface area (Å²) in [5, 5.41) is 4.93. The number of likely N-dealkylation sites (tertiary alicyclic amines) is 1. The van der Waals surface area contributed by atoms with Crippen molar-refractivity contribution in [3.63, 3.8) is 0 Å². The summed E-state index contributed by atoms with van der Waals surface area (Å²) in [5.74, 6) is -0.0222. The quantitative estimate of drug-likeness (QED) is 0.673. The lowest BCUT2D eigenvalue weighted by Gasteiger charge is -2.27. The normalized spacial score (nSPS) is 31.7. The first-order chi connectivity index (χ1) is 9.11. The van der Waals surface area contributed by atoms with Crippen LogP contribution in [-0.2, 0) is 9.59 Å². The lowest BCUT2D eigenvalue weighted by molar-refractivity contribution is -0.135. The monoisotopic (exact) mass is 265 g/mol. The van der Waals surface area contributed by atoms with E-state index in [9.17, 15) is 14.4 Å². The average molecular weight is 265 g/mol. The van der Waals surface area contributed by atoms with Crippen molar-refractivity contribution < 1.29 is 14.4 Å². The van der Waals surface area contributed by atoms with Crippen molar-refractivity contribution in [1.29, 1.82) is 0 Å². The number of urea groups is 1. The maximum Gasteiger partial charge on any atom is 0.322 e. The number of rotatable bonds is 1. The molecule has 1 saturated carbocycles. The molecule has 3 rings (SSSR count). The molecule has 6 heteroatoms. The summed E-state index contributed by atoms with van der Waals surface area (Å²) in [6.07, 6.45) is 5.89. The van der Waals surface area contributed by atoms with E-state index in [0.29, 0.717) is 19.5 Å². The van der Waals surface area contributed by atoms with Crippen LogP contribution in [-0.4, -0.2) is 41.4 Å². The zero-order valence-electron chi connectivity index (χ0n) is 10.9. The van der Waals surface area contributed by atoms with Crippen LogP contribution in [0.5, 0.6) is 0 Å². The van der Waals surface area contributed by atoms with E-state index in [1.54, 1.807) is 4.90 Å². The molecule has 2 saturated heterocycles. The van der Waals surface area contributed by atoms with Gasteiger partial charge in [-0.05, 0) is 19.3 Å². The fourth-order valence-corrected chi connectivity index (χ4v) is 3.42. The molecule has 104 valence electrons. The number of carbonyl (C=O) groups is 3. The highest BCUT2D eigenvalue weighted by Gasteiger charge is 2.52. The zero-order chi connectivity index (χ0) is 13.5. The van der Waals surface area contributed by atoms with Gasteiger partial charge < -0.3 is 10.2 Å². The maximum absolute atomic E-state index is 12.4. The largest absolute Gasteiger partial charge is 0.339 e. The number of amides is 4. The summed E-state index contributed by atoms with van der Waals surface area (Å²) in [6, 6.07) is -0.447. The lowest BCUT2D eigenvalue weighted by Crippen LogP contribution is -2.50. The van der Waals surface area contributed by atoms with Crippen LogP contribution in [0.2, 0.25) is 0 Å². The SMILES string of the molecule is O=C1NC(=O)C2(CCN(C(=O)C3CCCCC3)C2)N1. The highest BCUT2D eigenvalue weighted by Crippen LogP contribution is 2.30. The Balaban J connectivity index is 1.67. The minimum absolute atomic E-state index is 0.115. The Bertz CT molecular complexity index is 431. The molecule has 0 aromatic carbocycles. The second kappa shape index (κ2) is 4.51. The van der Waals surface area contributed by atoms with Crippen molar-refractivity contribution in [1.82, 2.24) is 15.5 Å². The van der Waals surface area contributed by atoms with E-state index in [0.717, 1.165) is 25.7 Å². The third-order valence-corrected chi connectivity index (χ3v) is 4.55. The van der Waals surface area contributed by atoms with Gasteiger partial charge in [0, 0.05) is 12.5 Å². The van der Waals surface area contributed by atoms with Gasteiger partial charge in [0.2, 0.25) is 5.91 Å². The van der Waals surface area contributed by atoms with Crippen LogP contribution >= 0.6 is 0 Å². The molecule has 1 atom stereocenters. The van der Waals surface area contributed by atoms with Crippen molar-refractivity contribution in [2.45, 2.75) is 44.1 Å². The molecule has 0 aromatic heterocycles. The van der Waals surface area contributed by atoms with Crippen LogP contribution in [0.15, 0.2) is 0 Å². The number of carbonyl (C=O) groups excluding carboxylic acids is 3. The van der Waals surface area contributed by atoms with E-state index in [4.69, 9.17) is 0 Å². The Morgan fingerprint density at radius 2 is 1.95 bits per heavy atom. The van der Waals surface area contributed by atoms with Gasteiger partial charge in [0.05, 0.1) is 6.54 Å². The Morgan fingerprint density at radius 3 is 2.58 bits per heavy atom. The molecule has 1 unspecified atom stereocenters. The molecule has 3 fully saturated rings. The summed E-state index contributed by atoms with van der Waals surface area (Å²) >= 11 is 0. The van der Waals surface area contributed by atoms with Crippen molar-refractivity contribution in [3.8, 4) is 0 Å². The molecule has 2 heterocycles. The second-order valence-electron chi connectivity index (χ2n) is 5.84. The van der Waals surface area contributed by atoms with E-state index in [2.05, 4.69) is 10.6 Å². The first kappa shape index (κ1) is 12.4. The predicted molar refractivity (Wildman–Crippen MR) is 67.2 cm³/mol. The van der Waals surface area contributed by atoms with Gasteiger partial charge in [0.1, 0.15) is 5.54 Å². The van der Waals surface area contributed by atoms with Crippen LogP contribution in [0.25, 0.3) is 0 Å².